The molecule has 0 aliphatic carbocycles. The van der Waals surface area contributed by atoms with Crippen molar-refractivity contribution in [1.82, 2.24) is 24.3 Å². The summed E-state index contributed by atoms with van der Waals surface area (Å²) in [6, 6.07) is 16.9. The van der Waals surface area contributed by atoms with Crippen LogP contribution in [0.25, 0.3) is 33.1 Å². The number of nitrogens with one attached hydrogen (secondary N) is 1. The smallest absolute Gasteiger partial charge is 0.248 e. The second-order valence-electron chi connectivity index (χ2n) is 7.08. The van der Waals surface area contributed by atoms with Gasteiger partial charge in [-0.1, -0.05) is 30.3 Å². The lowest BCUT2D eigenvalue weighted by molar-refractivity contribution is -0.118. The van der Waals surface area contributed by atoms with Crippen molar-refractivity contribution < 1.29 is 4.79 Å². The van der Waals surface area contributed by atoms with Crippen molar-refractivity contribution in [1.29, 1.82) is 5.26 Å². The maximum Gasteiger partial charge on any atom is 0.248 e. The fraction of sp³-hybridized carbons (Fsp3) is 0.136. The number of carbonyl (C=O) groups is 1. The standard InChI is InChI=1S/C22H17N7O/c1-13(22(30)27-20-14(11-23)12-24-28(20)2)29-18-10-6-3-7-15(18)19-21(29)26-17-9-5-4-8-16(17)25-19/h3-10,12-13H,1-2H3,(H,27,30). The molecule has 1 unspecified atom stereocenters. The molecule has 146 valence electrons. The van der Waals surface area contributed by atoms with E-state index in [1.807, 2.05) is 59.2 Å². The van der Waals surface area contributed by atoms with E-state index in [2.05, 4.69) is 10.4 Å². The van der Waals surface area contributed by atoms with E-state index in [-0.39, 0.29) is 5.91 Å². The second kappa shape index (κ2) is 6.67. The number of amides is 1. The first kappa shape index (κ1) is 17.8. The zero-order chi connectivity index (χ0) is 20.8. The first-order chi connectivity index (χ1) is 14.6. The molecule has 3 heterocycles. The molecule has 8 heteroatoms. The molecule has 0 bridgehead atoms. The summed E-state index contributed by atoms with van der Waals surface area (Å²) in [7, 11) is 1.68. The predicted molar refractivity (Wildman–Crippen MR) is 114 cm³/mol. The molecular weight excluding hydrogens is 378 g/mol. The topological polar surface area (TPSA) is 101 Å². The number of anilines is 1. The average Bonchev–Trinajstić information content (AvgIpc) is 3.28. The van der Waals surface area contributed by atoms with E-state index in [0.29, 0.717) is 17.0 Å². The van der Waals surface area contributed by atoms with Crippen LogP contribution in [0.15, 0.2) is 54.7 Å². The van der Waals surface area contributed by atoms with E-state index >= 15 is 0 Å². The third-order valence-electron chi connectivity index (χ3n) is 5.27. The average molecular weight is 395 g/mol. The molecule has 1 atom stereocenters. The van der Waals surface area contributed by atoms with Gasteiger partial charge in [-0.3, -0.25) is 9.48 Å². The Labute approximate surface area is 171 Å². The molecule has 0 spiro atoms. The highest BCUT2D eigenvalue weighted by Crippen LogP contribution is 2.31. The maximum atomic E-state index is 13.1. The van der Waals surface area contributed by atoms with Crippen molar-refractivity contribution in [2.75, 3.05) is 5.32 Å². The van der Waals surface area contributed by atoms with E-state index < -0.39 is 6.04 Å². The summed E-state index contributed by atoms with van der Waals surface area (Å²) in [5.41, 5.74) is 4.14. The number of nitriles is 1. The first-order valence-electron chi connectivity index (χ1n) is 9.47. The van der Waals surface area contributed by atoms with E-state index in [9.17, 15) is 10.1 Å². The lowest BCUT2D eigenvalue weighted by Gasteiger charge is -2.16. The van der Waals surface area contributed by atoms with E-state index in [0.717, 1.165) is 27.5 Å². The first-order valence-corrected chi connectivity index (χ1v) is 9.47. The van der Waals surface area contributed by atoms with Gasteiger partial charge in [0.2, 0.25) is 5.91 Å². The van der Waals surface area contributed by atoms with Crippen molar-refractivity contribution >= 4 is 44.8 Å². The van der Waals surface area contributed by atoms with Crippen LogP contribution in [-0.2, 0) is 11.8 Å². The lowest BCUT2D eigenvalue weighted by Crippen LogP contribution is -2.25. The van der Waals surface area contributed by atoms with Gasteiger partial charge in [0, 0.05) is 12.4 Å². The molecule has 30 heavy (non-hydrogen) atoms. The third-order valence-corrected chi connectivity index (χ3v) is 5.27. The van der Waals surface area contributed by atoms with Gasteiger partial charge in [-0.25, -0.2) is 9.97 Å². The third kappa shape index (κ3) is 2.60. The van der Waals surface area contributed by atoms with Crippen molar-refractivity contribution in [2.45, 2.75) is 13.0 Å². The van der Waals surface area contributed by atoms with Gasteiger partial charge < -0.3 is 9.88 Å². The summed E-state index contributed by atoms with van der Waals surface area (Å²) >= 11 is 0. The molecule has 8 nitrogen and oxygen atoms in total. The number of nitrogens with zero attached hydrogens (tertiary/aromatic N) is 6. The van der Waals surface area contributed by atoms with E-state index in [1.165, 1.54) is 10.9 Å². The summed E-state index contributed by atoms with van der Waals surface area (Å²) in [6.45, 7) is 1.81. The minimum atomic E-state index is -0.593. The highest BCUT2D eigenvalue weighted by Gasteiger charge is 2.24. The van der Waals surface area contributed by atoms with Crippen LogP contribution in [0.1, 0.15) is 18.5 Å². The number of carbonyl (C=O) groups excluding carboxylic acids is 1. The minimum Gasteiger partial charge on any atom is -0.312 e. The molecule has 5 aromatic rings. The van der Waals surface area contributed by atoms with E-state index in [1.54, 1.807) is 14.0 Å². The van der Waals surface area contributed by atoms with E-state index in [4.69, 9.17) is 9.97 Å². The van der Waals surface area contributed by atoms with Crippen molar-refractivity contribution in [3.63, 3.8) is 0 Å². The number of hydrogen-bond donors (Lipinski definition) is 1. The summed E-state index contributed by atoms with van der Waals surface area (Å²) in [6.07, 6.45) is 1.43. The van der Waals surface area contributed by atoms with Crippen LogP contribution in [0.5, 0.6) is 0 Å². The molecule has 0 fully saturated rings. The Balaban J connectivity index is 1.68. The Kier molecular flexibility index (Phi) is 3.96. The molecule has 0 radical (unpaired) electrons. The highest BCUT2D eigenvalue weighted by molar-refractivity contribution is 6.08. The van der Waals surface area contributed by atoms with Crippen LogP contribution in [0.3, 0.4) is 0 Å². The molecule has 1 amide bonds. The Morgan fingerprint density at radius 3 is 2.57 bits per heavy atom. The van der Waals surface area contributed by atoms with Crippen LogP contribution in [0, 0.1) is 11.3 Å². The lowest BCUT2D eigenvalue weighted by atomic mass is 10.2. The summed E-state index contributed by atoms with van der Waals surface area (Å²) in [4.78, 5) is 22.8. The zero-order valence-electron chi connectivity index (χ0n) is 16.4. The zero-order valence-corrected chi connectivity index (χ0v) is 16.4. The van der Waals surface area contributed by atoms with Crippen molar-refractivity contribution in [2.24, 2.45) is 7.05 Å². The van der Waals surface area contributed by atoms with Gasteiger partial charge >= 0.3 is 0 Å². The molecule has 5 rings (SSSR count). The Morgan fingerprint density at radius 2 is 1.80 bits per heavy atom. The normalized spacial score (nSPS) is 12.3. The number of fused-ring (bicyclic) bond motifs is 4. The largest absolute Gasteiger partial charge is 0.312 e. The monoisotopic (exact) mass is 395 g/mol. The fourth-order valence-corrected chi connectivity index (χ4v) is 3.74. The van der Waals surface area contributed by atoms with Crippen LogP contribution in [-0.4, -0.2) is 30.2 Å². The Hall–Kier alpha value is -4.25. The highest BCUT2D eigenvalue weighted by atomic mass is 16.2. The number of benzene rings is 2. The molecule has 0 aliphatic heterocycles. The predicted octanol–water partition coefficient (Wildman–Crippen LogP) is 3.54. The number of rotatable bonds is 3. The fourth-order valence-electron chi connectivity index (χ4n) is 3.74. The Bertz CT molecular complexity index is 1490. The van der Waals surface area contributed by atoms with Gasteiger partial charge in [0.25, 0.3) is 0 Å². The molecule has 1 N–H and O–H groups in total. The van der Waals surface area contributed by atoms with Crippen molar-refractivity contribution in [3.8, 4) is 6.07 Å². The van der Waals surface area contributed by atoms with Crippen molar-refractivity contribution in [3.05, 3.63) is 60.3 Å². The van der Waals surface area contributed by atoms with Gasteiger partial charge in [-0.2, -0.15) is 10.4 Å². The minimum absolute atomic E-state index is 0.271. The summed E-state index contributed by atoms with van der Waals surface area (Å²) in [5.74, 6) is 0.0966. The van der Waals surface area contributed by atoms with Gasteiger partial charge in [-0.05, 0) is 25.1 Å². The van der Waals surface area contributed by atoms with Crippen LogP contribution in [0.4, 0.5) is 5.82 Å². The van der Waals surface area contributed by atoms with Gasteiger partial charge in [-0.15, -0.1) is 0 Å². The molecule has 0 aliphatic rings. The molecule has 3 aromatic heterocycles. The summed E-state index contributed by atoms with van der Waals surface area (Å²) < 4.78 is 3.37. The number of para-hydroxylation sites is 3. The molecule has 0 saturated heterocycles. The molecule has 0 saturated carbocycles. The quantitative estimate of drug-likeness (QED) is 0.503. The number of aryl methyl sites for hydroxylation is 1. The SMILES string of the molecule is CC(C(=O)Nc1c(C#N)cnn1C)n1c2ccccc2c2nc3ccccc3nc21. The number of hydrogen-bond acceptors (Lipinski definition) is 5. The molecular formula is C22H17N7O. The second-order valence-corrected chi connectivity index (χ2v) is 7.08. The van der Waals surface area contributed by atoms with Crippen LogP contribution in [0.2, 0.25) is 0 Å². The number of aromatic nitrogens is 5. The van der Waals surface area contributed by atoms with Crippen LogP contribution < -0.4 is 5.32 Å². The Morgan fingerprint density at radius 1 is 1.10 bits per heavy atom. The van der Waals surface area contributed by atoms with Gasteiger partial charge in [0.1, 0.15) is 29.0 Å². The molecule has 2 aromatic carbocycles. The van der Waals surface area contributed by atoms with Crippen LogP contribution >= 0.6 is 0 Å². The van der Waals surface area contributed by atoms with Gasteiger partial charge in [0.05, 0.1) is 22.7 Å². The maximum absolute atomic E-state index is 13.1. The van der Waals surface area contributed by atoms with Gasteiger partial charge in [0.15, 0.2) is 5.65 Å². The summed E-state index contributed by atoms with van der Waals surface area (Å²) in [5, 5.41) is 17.1.